The molecule has 0 unspecified atom stereocenters. The van der Waals surface area contributed by atoms with Gasteiger partial charge < -0.3 is 4.74 Å². The fourth-order valence-corrected chi connectivity index (χ4v) is 3.13. The molecule has 0 aliphatic heterocycles. The lowest BCUT2D eigenvalue weighted by molar-refractivity contribution is 0.242. The van der Waals surface area contributed by atoms with Crippen LogP contribution in [0.25, 0.3) is 21.3 Å². The summed E-state index contributed by atoms with van der Waals surface area (Å²) in [6, 6.07) is 7.57. The average molecular weight is 335 g/mol. The first-order valence-corrected chi connectivity index (χ1v) is 8.02. The zero-order valence-electron chi connectivity index (χ0n) is 12.4. The molecule has 0 aliphatic rings. The van der Waals surface area contributed by atoms with Gasteiger partial charge >= 0.3 is 0 Å². The smallest absolute Gasteiger partial charge is 0.166 e. The quantitative estimate of drug-likeness (QED) is 0.722. The molecule has 0 saturated heterocycles. The molecule has 1 aromatic carbocycles. The highest BCUT2D eigenvalue weighted by Gasteiger charge is 2.13. The van der Waals surface area contributed by atoms with Gasteiger partial charge in [-0.05, 0) is 38.1 Å². The van der Waals surface area contributed by atoms with Gasteiger partial charge in [0.05, 0.1) is 16.8 Å². The number of benzene rings is 1. The van der Waals surface area contributed by atoms with E-state index in [0.717, 1.165) is 21.3 Å². The molecule has 0 radical (unpaired) electrons. The second-order valence-corrected chi connectivity index (χ2v) is 6.45. The summed E-state index contributed by atoms with van der Waals surface area (Å²) in [6.45, 7) is 3.93. The molecule has 0 bridgehead atoms. The number of hydrogen-bond donors (Lipinski definition) is 0. The summed E-state index contributed by atoms with van der Waals surface area (Å²) in [7, 11) is 1.88. The van der Waals surface area contributed by atoms with Crippen molar-refractivity contribution in [3.63, 3.8) is 0 Å². The molecule has 2 aromatic heterocycles. The summed E-state index contributed by atoms with van der Waals surface area (Å²) in [4.78, 5) is 0. The van der Waals surface area contributed by atoms with Gasteiger partial charge in [0.15, 0.2) is 5.01 Å². The van der Waals surface area contributed by atoms with E-state index in [9.17, 15) is 0 Å². The standard InChI is InChI=1S/C15H15ClN4OS/c1-9(2)21-13-5-4-10(8-11(13)16)14-18-19-15(22-14)12-6-7-17-20(12)3/h4-9H,1-3H3. The molecule has 2 heterocycles. The SMILES string of the molecule is CC(C)Oc1ccc(-c2nnc(-c3ccnn3C)s2)cc1Cl. The minimum atomic E-state index is 0.0846. The molecular weight excluding hydrogens is 320 g/mol. The Kier molecular flexibility index (Phi) is 4.13. The van der Waals surface area contributed by atoms with Crippen LogP contribution in [-0.2, 0) is 7.05 Å². The van der Waals surface area contributed by atoms with E-state index in [-0.39, 0.29) is 6.10 Å². The fourth-order valence-electron chi connectivity index (χ4n) is 2.01. The molecule has 0 amide bonds. The lowest BCUT2D eigenvalue weighted by Crippen LogP contribution is -2.05. The van der Waals surface area contributed by atoms with Crippen LogP contribution in [0.5, 0.6) is 5.75 Å². The largest absolute Gasteiger partial charge is 0.489 e. The Labute approximate surface area is 137 Å². The van der Waals surface area contributed by atoms with Crippen molar-refractivity contribution < 1.29 is 4.74 Å². The number of halogens is 1. The van der Waals surface area contributed by atoms with Gasteiger partial charge in [0, 0.05) is 18.8 Å². The summed E-state index contributed by atoms with van der Waals surface area (Å²) in [5.74, 6) is 0.678. The number of rotatable bonds is 4. The maximum atomic E-state index is 6.27. The Hall–Kier alpha value is -1.92. The van der Waals surface area contributed by atoms with Gasteiger partial charge in [-0.3, -0.25) is 4.68 Å². The van der Waals surface area contributed by atoms with E-state index in [1.807, 2.05) is 45.2 Å². The predicted octanol–water partition coefficient (Wildman–Crippen LogP) is 4.05. The minimum absolute atomic E-state index is 0.0846. The molecule has 0 N–H and O–H groups in total. The van der Waals surface area contributed by atoms with Crippen LogP contribution in [0.1, 0.15) is 13.8 Å². The Morgan fingerprint density at radius 3 is 2.59 bits per heavy atom. The van der Waals surface area contributed by atoms with Crippen LogP contribution in [0, 0.1) is 0 Å². The van der Waals surface area contributed by atoms with Gasteiger partial charge in [0.1, 0.15) is 10.8 Å². The van der Waals surface area contributed by atoms with E-state index < -0.39 is 0 Å². The molecule has 7 heteroatoms. The van der Waals surface area contributed by atoms with Gasteiger partial charge in [-0.1, -0.05) is 22.9 Å². The number of aryl methyl sites for hydroxylation is 1. The second kappa shape index (κ2) is 6.06. The van der Waals surface area contributed by atoms with Crippen LogP contribution in [0.4, 0.5) is 0 Å². The molecule has 0 saturated carbocycles. The molecule has 3 aromatic rings. The van der Waals surface area contributed by atoms with E-state index >= 15 is 0 Å². The third-order valence-corrected chi connectivity index (χ3v) is 4.30. The first-order chi connectivity index (χ1) is 10.5. The van der Waals surface area contributed by atoms with Crippen LogP contribution in [0.3, 0.4) is 0 Å². The summed E-state index contributed by atoms with van der Waals surface area (Å²) < 4.78 is 7.41. The van der Waals surface area contributed by atoms with Crippen molar-refractivity contribution in [2.75, 3.05) is 0 Å². The number of ether oxygens (including phenoxy) is 1. The van der Waals surface area contributed by atoms with Crippen molar-refractivity contribution in [1.82, 2.24) is 20.0 Å². The molecule has 0 aliphatic carbocycles. The van der Waals surface area contributed by atoms with Crippen LogP contribution in [0.2, 0.25) is 5.02 Å². The normalized spacial score (nSPS) is 11.1. The third-order valence-electron chi connectivity index (χ3n) is 3.01. The Morgan fingerprint density at radius 1 is 1.18 bits per heavy atom. The summed E-state index contributed by atoms with van der Waals surface area (Å²) in [5.41, 5.74) is 1.86. The van der Waals surface area contributed by atoms with Gasteiger partial charge in [-0.2, -0.15) is 5.10 Å². The zero-order valence-corrected chi connectivity index (χ0v) is 14.0. The first kappa shape index (κ1) is 15.0. The maximum Gasteiger partial charge on any atom is 0.166 e. The Bertz CT molecular complexity index is 796. The molecule has 114 valence electrons. The van der Waals surface area contributed by atoms with Crippen LogP contribution >= 0.6 is 22.9 Å². The first-order valence-electron chi connectivity index (χ1n) is 6.83. The minimum Gasteiger partial charge on any atom is -0.489 e. The van der Waals surface area contributed by atoms with Gasteiger partial charge in [-0.25, -0.2) is 0 Å². The summed E-state index contributed by atoms with van der Waals surface area (Å²) in [6.07, 6.45) is 1.83. The lowest BCUT2D eigenvalue weighted by atomic mass is 10.2. The van der Waals surface area contributed by atoms with Gasteiger partial charge in [0.25, 0.3) is 0 Å². The second-order valence-electron chi connectivity index (χ2n) is 5.06. The van der Waals surface area contributed by atoms with Crippen molar-refractivity contribution in [1.29, 1.82) is 0 Å². The average Bonchev–Trinajstić information content (AvgIpc) is 3.09. The van der Waals surface area contributed by atoms with E-state index in [1.165, 1.54) is 11.3 Å². The molecule has 22 heavy (non-hydrogen) atoms. The molecular formula is C15H15ClN4OS. The summed E-state index contributed by atoms with van der Waals surface area (Å²) in [5, 5.41) is 14.8. The maximum absolute atomic E-state index is 6.27. The van der Waals surface area contributed by atoms with Crippen molar-refractivity contribution >= 4 is 22.9 Å². The van der Waals surface area contributed by atoms with Crippen LogP contribution in [-0.4, -0.2) is 26.1 Å². The highest BCUT2D eigenvalue weighted by molar-refractivity contribution is 7.17. The van der Waals surface area contributed by atoms with E-state index in [2.05, 4.69) is 15.3 Å². The molecule has 0 atom stereocenters. The van der Waals surface area contributed by atoms with Crippen molar-refractivity contribution in [3.05, 3.63) is 35.5 Å². The van der Waals surface area contributed by atoms with E-state index in [4.69, 9.17) is 16.3 Å². The highest BCUT2D eigenvalue weighted by Crippen LogP contribution is 2.34. The Morgan fingerprint density at radius 2 is 1.95 bits per heavy atom. The van der Waals surface area contributed by atoms with Crippen LogP contribution < -0.4 is 4.74 Å². The van der Waals surface area contributed by atoms with Gasteiger partial charge in [-0.15, -0.1) is 10.2 Å². The van der Waals surface area contributed by atoms with Crippen molar-refractivity contribution in [2.24, 2.45) is 7.05 Å². The molecule has 5 nitrogen and oxygen atoms in total. The number of hydrogen-bond acceptors (Lipinski definition) is 5. The number of aromatic nitrogens is 4. The third kappa shape index (κ3) is 2.98. The lowest BCUT2D eigenvalue weighted by Gasteiger charge is -2.11. The Balaban J connectivity index is 1.91. The number of nitrogens with zero attached hydrogens (tertiary/aromatic N) is 4. The van der Waals surface area contributed by atoms with Crippen molar-refractivity contribution in [2.45, 2.75) is 20.0 Å². The highest BCUT2D eigenvalue weighted by atomic mass is 35.5. The molecule has 0 fully saturated rings. The molecule has 0 spiro atoms. The summed E-state index contributed by atoms with van der Waals surface area (Å²) >= 11 is 7.78. The fraction of sp³-hybridized carbons (Fsp3) is 0.267. The monoisotopic (exact) mass is 334 g/mol. The van der Waals surface area contributed by atoms with Gasteiger partial charge in [0.2, 0.25) is 0 Å². The van der Waals surface area contributed by atoms with E-state index in [0.29, 0.717) is 10.8 Å². The molecule has 3 rings (SSSR count). The van der Waals surface area contributed by atoms with E-state index in [1.54, 1.807) is 10.9 Å². The predicted molar refractivity (Wildman–Crippen MR) is 88.3 cm³/mol. The zero-order chi connectivity index (χ0) is 15.7. The topological polar surface area (TPSA) is 52.8 Å². The van der Waals surface area contributed by atoms with Crippen molar-refractivity contribution in [3.8, 4) is 27.0 Å². The van der Waals surface area contributed by atoms with Crippen LogP contribution in [0.15, 0.2) is 30.5 Å².